The van der Waals surface area contributed by atoms with Gasteiger partial charge in [0.25, 0.3) is 0 Å². The third kappa shape index (κ3) is 3.69. The Morgan fingerprint density at radius 3 is 2.76 bits per heavy atom. The summed E-state index contributed by atoms with van der Waals surface area (Å²) in [5.74, 6) is 0.401. The van der Waals surface area contributed by atoms with Gasteiger partial charge in [0.2, 0.25) is 0 Å². The smallest absolute Gasteiger partial charge is 0.145 e. The number of hydrogen-bond acceptors (Lipinski definition) is 4. The first-order chi connectivity index (χ1) is 10.3. The molecule has 2 unspecified atom stereocenters. The van der Waals surface area contributed by atoms with Crippen LogP contribution in [0.5, 0.6) is 0 Å². The Kier molecular flexibility index (Phi) is 4.99. The van der Waals surface area contributed by atoms with Crippen LogP contribution >= 0.6 is 0 Å². The molecule has 114 valence electrons. The highest BCUT2D eigenvalue weighted by Gasteiger charge is 2.33. The van der Waals surface area contributed by atoms with E-state index in [1.165, 1.54) is 19.3 Å². The van der Waals surface area contributed by atoms with Gasteiger partial charge in [-0.15, -0.1) is 0 Å². The summed E-state index contributed by atoms with van der Waals surface area (Å²) in [6.07, 6.45) is 9.01. The van der Waals surface area contributed by atoms with Crippen molar-refractivity contribution in [3.8, 4) is 0 Å². The van der Waals surface area contributed by atoms with Crippen LogP contribution in [0.3, 0.4) is 0 Å². The van der Waals surface area contributed by atoms with Crippen LogP contribution in [-0.4, -0.2) is 23.5 Å². The Hall–Kier alpha value is -1.26. The average molecular weight is 289 g/mol. The number of hydrogen-bond donors (Lipinski definition) is 0. The molecule has 3 rings (SSSR count). The van der Waals surface area contributed by atoms with E-state index < -0.39 is 0 Å². The van der Waals surface area contributed by atoms with Crippen LogP contribution in [0.2, 0.25) is 0 Å². The maximum atomic E-state index is 13.0. The standard InChI is InChI=1S/C17H23NO3/c19-17(13-6-2-1-3-7-13)15(12-14-9-11-20-21-14)16-8-4-5-10-18-16/h4-5,8,10,13-15H,1-3,6-7,9,11-12H2. The van der Waals surface area contributed by atoms with E-state index in [0.717, 1.165) is 25.0 Å². The van der Waals surface area contributed by atoms with Crippen LogP contribution in [0.4, 0.5) is 0 Å². The van der Waals surface area contributed by atoms with Crippen LogP contribution in [0.1, 0.15) is 56.6 Å². The fourth-order valence-corrected chi connectivity index (χ4v) is 3.43. The van der Waals surface area contributed by atoms with E-state index in [1.807, 2.05) is 18.2 Å². The summed E-state index contributed by atoms with van der Waals surface area (Å²) in [7, 11) is 0. The Morgan fingerprint density at radius 2 is 2.10 bits per heavy atom. The number of ketones is 1. The number of aromatic nitrogens is 1. The normalized spacial score (nSPS) is 24.9. The van der Waals surface area contributed by atoms with E-state index >= 15 is 0 Å². The largest absolute Gasteiger partial charge is 0.299 e. The summed E-state index contributed by atoms with van der Waals surface area (Å²) in [6, 6.07) is 5.80. The molecule has 1 aliphatic heterocycles. The molecule has 1 aromatic heterocycles. The number of rotatable bonds is 5. The van der Waals surface area contributed by atoms with Crippen LogP contribution in [0.25, 0.3) is 0 Å². The average Bonchev–Trinajstić information content (AvgIpc) is 3.07. The summed E-state index contributed by atoms with van der Waals surface area (Å²) >= 11 is 0. The minimum atomic E-state index is -0.152. The van der Waals surface area contributed by atoms with Gasteiger partial charge in [0.05, 0.1) is 24.3 Å². The fraction of sp³-hybridized carbons (Fsp3) is 0.647. The van der Waals surface area contributed by atoms with Gasteiger partial charge in [-0.05, 0) is 31.4 Å². The predicted octanol–water partition coefficient (Wildman–Crippen LogP) is 3.43. The molecule has 0 aromatic carbocycles. The molecular formula is C17H23NO3. The van der Waals surface area contributed by atoms with E-state index in [1.54, 1.807) is 6.20 Å². The number of carbonyl (C=O) groups excluding carboxylic acids is 1. The molecule has 0 N–H and O–H groups in total. The molecule has 0 spiro atoms. The molecule has 2 fully saturated rings. The predicted molar refractivity (Wildman–Crippen MR) is 78.6 cm³/mol. The quantitative estimate of drug-likeness (QED) is 0.779. The molecule has 0 radical (unpaired) electrons. The monoisotopic (exact) mass is 289 g/mol. The zero-order chi connectivity index (χ0) is 14.5. The highest BCUT2D eigenvalue weighted by molar-refractivity contribution is 5.87. The summed E-state index contributed by atoms with van der Waals surface area (Å²) in [5, 5.41) is 0. The Morgan fingerprint density at radius 1 is 1.24 bits per heavy atom. The maximum Gasteiger partial charge on any atom is 0.145 e. The van der Waals surface area contributed by atoms with Crippen LogP contribution in [-0.2, 0) is 14.6 Å². The van der Waals surface area contributed by atoms with Crippen molar-refractivity contribution < 1.29 is 14.6 Å². The molecule has 0 amide bonds. The lowest BCUT2D eigenvalue weighted by Crippen LogP contribution is -2.27. The summed E-state index contributed by atoms with van der Waals surface area (Å²) in [5.41, 5.74) is 0.878. The van der Waals surface area contributed by atoms with Gasteiger partial charge >= 0.3 is 0 Å². The third-order valence-electron chi connectivity index (χ3n) is 4.62. The highest BCUT2D eigenvalue weighted by atomic mass is 17.2. The summed E-state index contributed by atoms with van der Waals surface area (Å²) < 4.78 is 0. The molecule has 21 heavy (non-hydrogen) atoms. The van der Waals surface area contributed by atoms with Gasteiger partial charge in [-0.25, -0.2) is 9.78 Å². The maximum absolute atomic E-state index is 13.0. The molecule has 1 saturated heterocycles. The lowest BCUT2D eigenvalue weighted by Gasteiger charge is -2.26. The number of nitrogens with zero attached hydrogens (tertiary/aromatic N) is 1. The molecule has 4 nitrogen and oxygen atoms in total. The molecule has 1 saturated carbocycles. The van der Waals surface area contributed by atoms with Crippen molar-refractivity contribution >= 4 is 5.78 Å². The van der Waals surface area contributed by atoms with Crippen molar-refractivity contribution in [2.24, 2.45) is 5.92 Å². The Balaban J connectivity index is 1.75. The lowest BCUT2D eigenvalue weighted by atomic mass is 9.78. The molecule has 1 aliphatic carbocycles. The van der Waals surface area contributed by atoms with Gasteiger partial charge in [-0.1, -0.05) is 25.3 Å². The van der Waals surface area contributed by atoms with E-state index in [4.69, 9.17) is 9.78 Å². The molecule has 4 heteroatoms. The van der Waals surface area contributed by atoms with E-state index in [9.17, 15) is 4.79 Å². The van der Waals surface area contributed by atoms with Crippen LogP contribution in [0.15, 0.2) is 24.4 Å². The second-order valence-corrected chi connectivity index (χ2v) is 6.11. The van der Waals surface area contributed by atoms with E-state index in [-0.39, 0.29) is 17.9 Å². The van der Waals surface area contributed by atoms with E-state index in [2.05, 4.69) is 4.98 Å². The molecule has 0 bridgehead atoms. The van der Waals surface area contributed by atoms with Gasteiger partial charge in [0.1, 0.15) is 5.78 Å². The fourth-order valence-electron chi connectivity index (χ4n) is 3.43. The van der Waals surface area contributed by atoms with Crippen molar-refractivity contribution in [2.45, 2.75) is 57.0 Å². The van der Waals surface area contributed by atoms with Crippen molar-refractivity contribution in [2.75, 3.05) is 6.61 Å². The van der Waals surface area contributed by atoms with Crippen molar-refractivity contribution in [1.82, 2.24) is 4.98 Å². The van der Waals surface area contributed by atoms with E-state index in [0.29, 0.717) is 18.8 Å². The van der Waals surface area contributed by atoms with Crippen LogP contribution in [0, 0.1) is 5.92 Å². The minimum Gasteiger partial charge on any atom is -0.299 e. The number of carbonyl (C=O) groups is 1. The summed E-state index contributed by atoms with van der Waals surface area (Å²) in [6.45, 7) is 0.622. The Bertz CT molecular complexity index is 450. The SMILES string of the molecule is O=C(C1CCCCC1)C(CC1CCOO1)c1ccccn1. The first kappa shape index (κ1) is 14.7. The molecule has 2 aliphatic rings. The zero-order valence-electron chi connectivity index (χ0n) is 12.4. The lowest BCUT2D eigenvalue weighted by molar-refractivity contribution is -0.275. The molecule has 2 atom stereocenters. The first-order valence-electron chi connectivity index (χ1n) is 8.07. The van der Waals surface area contributed by atoms with Crippen molar-refractivity contribution in [3.63, 3.8) is 0 Å². The second kappa shape index (κ2) is 7.14. The molecule has 1 aromatic rings. The van der Waals surface area contributed by atoms with Gasteiger partial charge < -0.3 is 0 Å². The third-order valence-corrected chi connectivity index (χ3v) is 4.62. The minimum absolute atomic E-state index is 0.0181. The molecular weight excluding hydrogens is 266 g/mol. The molecule has 2 heterocycles. The van der Waals surface area contributed by atoms with Gasteiger partial charge in [0, 0.05) is 18.5 Å². The number of pyridine rings is 1. The van der Waals surface area contributed by atoms with Crippen LogP contribution < -0.4 is 0 Å². The van der Waals surface area contributed by atoms with Gasteiger partial charge in [-0.2, -0.15) is 0 Å². The topological polar surface area (TPSA) is 48.4 Å². The number of Topliss-reactive ketones (excluding diaryl/α,β-unsaturated/α-hetero) is 1. The van der Waals surface area contributed by atoms with Crippen molar-refractivity contribution in [3.05, 3.63) is 30.1 Å². The first-order valence-corrected chi connectivity index (χ1v) is 8.07. The zero-order valence-corrected chi connectivity index (χ0v) is 12.4. The van der Waals surface area contributed by atoms with Gasteiger partial charge in [-0.3, -0.25) is 9.78 Å². The summed E-state index contributed by atoms with van der Waals surface area (Å²) in [4.78, 5) is 27.6. The van der Waals surface area contributed by atoms with Crippen molar-refractivity contribution in [1.29, 1.82) is 0 Å². The highest BCUT2D eigenvalue weighted by Crippen LogP contribution is 2.33. The van der Waals surface area contributed by atoms with Gasteiger partial charge in [0.15, 0.2) is 0 Å². The second-order valence-electron chi connectivity index (χ2n) is 6.11. The Labute approximate surface area is 125 Å².